The Morgan fingerprint density at radius 3 is 2.44 bits per heavy atom. The molecule has 3 heteroatoms. The minimum absolute atomic E-state index is 0.177. The van der Waals surface area contributed by atoms with Gasteiger partial charge in [-0.1, -0.05) is 20.3 Å². The van der Waals surface area contributed by atoms with E-state index in [9.17, 15) is 5.11 Å². The zero-order valence-corrected chi connectivity index (χ0v) is 11.5. The Morgan fingerprint density at radius 1 is 1.31 bits per heavy atom. The van der Waals surface area contributed by atoms with Crippen LogP contribution >= 0.6 is 0 Å². The molecule has 1 aliphatic heterocycles. The van der Waals surface area contributed by atoms with Crippen molar-refractivity contribution in [2.75, 3.05) is 33.2 Å². The minimum atomic E-state index is -0.177. The number of β-amino-alcohol motifs (C(OH)–C–C–N with tert-alkyl or cyclic N) is 1. The molecule has 2 unspecified atom stereocenters. The van der Waals surface area contributed by atoms with Crippen LogP contribution < -0.4 is 0 Å². The van der Waals surface area contributed by atoms with Gasteiger partial charge in [-0.2, -0.15) is 0 Å². The van der Waals surface area contributed by atoms with E-state index in [1.807, 2.05) is 0 Å². The van der Waals surface area contributed by atoms with Crippen molar-refractivity contribution in [1.29, 1.82) is 0 Å². The lowest BCUT2D eigenvalue weighted by Gasteiger charge is -2.46. The molecule has 1 rings (SSSR count). The summed E-state index contributed by atoms with van der Waals surface area (Å²) in [5.74, 6) is 0.405. The van der Waals surface area contributed by atoms with Gasteiger partial charge >= 0.3 is 0 Å². The van der Waals surface area contributed by atoms with Gasteiger partial charge < -0.3 is 5.11 Å². The molecular formula is C13H28N2O. The van der Waals surface area contributed by atoms with Crippen molar-refractivity contribution < 1.29 is 5.11 Å². The first kappa shape index (κ1) is 13.9. The summed E-state index contributed by atoms with van der Waals surface area (Å²) in [7, 11) is 2.18. The van der Waals surface area contributed by atoms with Crippen LogP contribution in [0, 0.1) is 5.92 Å². The number of hydrogen-bond donors (Lipinski definition) is 1. The highest BCUT2D eigenvalue weighted by Crippen LogP contribution is 2.20. The molecule has 0 spiro atoms. The molecule has 0 aromatic rings. The molecule has 1 heterocycles. The SMILES string of the molecule is CCC(C)C(O)CN1CCN(C)C(C)(C)C1. The van der Waals surface area contributed by atoms with Gasteiger partial charge in [-0.25, -0.2) is 0 Å². The van der Waals surface area contributed by atoms with E-state index in [1.54, 1.807) is 0 Å². The van der Waals surface area contributed by atoms with Crippen LogP contribution in [0.1, 0.15) is 34.1 Å². The first-order valence-electron chi connectivity index (χ1n) is 6.48. The molecule has 2 atom stereocenters. The quantitative estimate of drug-likeness (QED) is 0.788. The van der Waals surface area contributed by atoms with E-state index in [0.29, 0.717) is 5.92 Å². The van der Waals surface area contributed by atoms with Crippen molar-refractivity contribution in [2.24, 2.45) is 5.92 Å². The molecule has 0 aliphatic carbocycles. The summed E-state index contributed by atoms with van der Waals surface area (Å²) in [5, 5.41) is 10.1. The number of piperazine rings is 1. The summed E-state index contributed by atoms with van der Waals surface area (Å²) in [6.45, 7) is 12.9. The van der Waals surface area contributed by atoms with Crippen molar-refractivity contribution in [2.45, 2.75) is 45.8 Å². The monoisotopic (exact) mass is 228 g/mol. The highest BCUT2D eigenvalue weighted by Gasteiger charge is 2.31. The Labute approximate surface area is 100 Å². The maximum absolute atomic E-state index is 10.1. The Morgan fingerprint density at radius 2 is 1.94 bits per heavy atom. The van der Waals surface area contributed by atoms with Crippen LogP contribution in [-0.4, -0.2) is 59.8 Å². The summed E-state index contributed by atoms with van der Waals surface area (Å²) in [4.78, 5) is 4.80. The van der Waals surface area contributed by atoms with Crippen LogP contribution in [0.25, 0.3) is 0 Å². The summed E-state index contributed by atoms with van der Waals surface area (Å²) in [6, 6.07) is 0. The number of nitrogens with zero attached hydrogens (tertiary/aromatic N) is 2. The van der Waals surface area contributed by atoms with Gasteiger partial charge in [0, 0.05) is 31.7 Å². The average molecular weight is 228 g/mol. The molecule has 1 fully saturated rings. The highest BCUT2D eigenvalue weighted by atomic mass is 16.3. The van der Waals surface area contributed by atoms with Gasteiger partial charge in [-0.15, -0.1) is 0 Å². The fourth-order valence-electron chi connectivity index (χ4n) is 2.21. The number of aliphatic hydroxyl groups is 1. The van der Waals surface area contributed by atoms with Crippen molar-refractivity contribution in [3.05, 3.63) is 0 Å². The van der Waals surface area contributed by atoms with Gasteiger partial charge in [0.25, 0.3) is 0 Å². The van der Waals surface area contributed by atoms with Gasteiger partial charge in [0.15, 0.2) is 0 Å². The van der Waals surface area contributed by atoms with Gasteiger partial charge in [-0.05, 0) is 26.8 Å². The molecule has 1 aliphatic rings. The van der Waals surface area contributed by atoms with Crippen LogP contribution in [0.15, 0.2) is 0 Å². The van der Waals surface area contributed by atoms with Crippen molar-refractivity contribution in [1.82, 2.24) is 9.80 Å². The van der Waals surface area contributed by atoms with Crippen LogP contribution in [0.4, 0.5) is 0 Å². The Balaban J connectivity index is 2.45. The van der Waals surface area contributed by atoms with E-state index in [4.69, 9.17) is 0 Å². The van der Waals surface area contributed by atoms with E-state index >= 15 is 0 Å². The van der Waals surface area contributed by atoms with Gasteiger partial charge in [0.2, 0.25) is 0 Å². The van der Waals surface area contributed by atoms with E-state index < -0.39 is 0 Å². The molecule has 0 radical (unpaired) electrons. The second-order valence-corrected chi connectivity index (χ2v) is 5.92. The predicted molar refractivity (Wildman–Crippen MR) is 68.6 cm³/mol. The molecule has 0 aromatic carbocycles. The molecule has 1 N–H and O–H groups in total. The van der Waals surface area contributed by atoms with Crippen molar-refractivity contribution in [3.63, 3.8) is 0 Å². The molecular weight excluding hydrogens is 200 g/mol. The fraction of sp³-hybridized carbons (Fsp3) is 1.00. The third-order valence-electron chi connectivity index (χ3n) is 4.14. The van der Waals surface area contributed by atoms with E-state index in [-0.39, 0.29) is 11.6 Å². The van der Waals surface area contributed by atoms with Crippen molar-refractivity contribution >= 4 is 0 Å². The van der Waals surface area contributed by atoms with Gasteiger partial charge in [0.1, 0.15) is 0 Å². The minimum Gasteiger partial charge on any atom is -0.392 e. The lowest BCUT2D eigenvalue weighted by atomic mass is 9.97. The zero-order chi connectivity index (χ0) is 12.3. The Bertz CT molecular complexity index is 218. The summed E-state index contributed by atoms with van der Waals surface area (Å²) in [6.07, 6.45) is 0.877. The molecule has 0 bridgehead atoms. The molecule has 1 saturated heterocycles. The normalized spacial score (nSPS) is 26.6. The topological polar surface area (TPSA) is 26.7 Å². The van der Waals surface area contributed by atoms with Crippen LogP contribution in [-0.2, 0) is 0 Å². The summed E-state index contributed by atoms with van der Waals surface area (Å²) < 4.78 is 0. The smallest absolute Gasteiger partial charge is 0.0692 e. The van der Waals surface area contributed by atoms with Crippen molar-refractivity contribution in [3.8, 4) is 0 Å². The Hall–Kier alpha value is -0.120. The third-order valence-corrected chi connectivity index (χ3v) is 4.14. The first-order valence-corrected chi connectivity index (χ1v) is 6.48. The standard InChI is InChI=1S/C13H28N2O/c1-6-11(2)12(16)9-15-8-7-14(5)13(3,4)10-15/h11-12,16H,6-10H2,1-5H3. The number of likely N-dealkylation sites (N-methyl/N-ethyl adjacent to an activating group) is 1. The Kier molecular flexibility index (Phi) is 4.77. The molecule has 96 valence electrons. The lowest BCUT2D eigenvalue weighted by Crippen LogP contribution is -2.58. The van der Waals surface area contributed by atoms with E-state index in [2.05, 4.69) is 44.5 Å². The van der Waals surface area contributed by atoms with Crippen LogP contribution in [0.5, 0.6) is 0 Å². The fourth-order valence-corrected chi connectivity index (χ4v) is 2.21. The first-order chi connectivity index (χ1) is 7.36. The largest absolute Gasteiger partial charge is 0.392 e. The molecule has 3 nitrogen and oxygen atoms in total. The molecule has 0 aromatic heterocycles. The second kappa shape index (κ2) is 5.48. The van der Waals surface area contributed by atoms with E-state index in [0.717, 1.165) is 32.6 Å². The average Bonchev–Trinajstić information content (AvgIpc) is 2.21. The third kappa shape index (κ3) is 3.44. The molecule has 0 amide bonds. The van der Waals surface area contributed by atoms with Crippen LogP contribution in [0.3, 0.4) is 0 Å². The number of hydrogen-bond acceptors (Lipinski definition) is 3. The second-order valence-electron chi connectivity index (χ2n) is 5.92. The highest BCUT2D eigenvalue weighted by molar-refractivity contribution is 4.89. The lowest BCUT2D eigenvalue weighted by molar-refractivity contribution is 0.00169. The maximum atomic E-state index is 10.1. The van der Waals surface area contributed by atoms with E-state index in [1.165, 1.54) is 0 Å². The molecule has 16 heavy (non-hydrogen) atoms. The number of rotatable bonds is 4. The van der Waals surface area contributed by atoms with Gasteiger partial charge in [0.05, 0.1) is 6.10 Å². The predicted octanol–water partition coefficient (Wildman–Crippen LogP) is 1.42. The summed E-state index contributed by atoms with van der Waals surface area (Å²) >= 11 is 0. The number of aliphatic hydroxyl groups excluding tert-OH is 1. The van der Waals surface area contributed by atoms with Crippen LogP contribution in [0.2, 0.25) is 0 Å². The maximum Gasteiger partial charge on any atom is 0.0692 e. The molecule has 0 saturated carbocycles. The summed E-state index contributed by atoms with van der Waals surface area (Å²) in [5.41, 5.74) is 0.230. The zero-order valence-electron chi connectivity index (χ0n) is 11.5. The van der Waals surface area contributed by atoms with Gasteiger partial charge in [-0.3, -0.25) is 9.80 Å².